The van der Waals surface area contributed by atoms with Gasteiger partial charge in [0.2, 0.25) is 0 Å². The lowest BCUT2D eigenvalue weighted by Crippen LogP contribution is -2.38. The lowest BCUT2D eigenvalue weighted by molar-refractivity contribution is -0.138. The van der Waals surface area contributed by atoms with Gasteiger partial charge in [-0.25, -0.2) is 4.68 Å². The number of amides is 1. The van der Waals surface area contributed by atoms with Gasteiger partial charge in [0.15, 0.2) is 5.69 Å². The molecule has 0 radical (unpaired) electrons. The quantitative estimate of drug-likeness (QED) is 0.832. The third kappa shape index (κ3) is 2.95. The first-order chi connectivity index (χ1) is 9.08. The van der Waals surface area contributed by atoms with Gasteiger partial charge in [-0.2, -0.15) is 0 Å². The molecule has 0 aliphatic heterocycles. The summed E-state index contributed by atoms with van der Waals surface area (Å²) in [4.78, 5) is 22.4. The van der Waals surface area contributed by atoms with Crippen LogP contribution in [0.2, 0.25) is 0 Å². The fourth-order valence-electron chi connectivity index (χ4n) is 1.41. The number of carboxylic acids is 1. The van der Waals surface area contributed by atoms with Gasteiger partial charge in [-0.05, 0) is 19.1 Å². The van der Waals surface area contributed by atoms with Gasteiger partial charge in [0.1, 0.15) is 6.04 Å². The summed E-state index contributed by atoms with van der Waals surface area (Å²) in [6.07, 6.45) is 1.44. The minimum Gasteiger partial charge on any atom is -0.480 e. The van der Waals surface area contributed by atoms with Crippen LogP contribution < -0.4 is 5.32 Å². The molecule has 0 spiro atoms. The smallest absolute Gasteiger partial charge is 0.325 e. The number of carbonyl (C=O) groups excluding carboxylic acids is 1. The van der Waals surface area contributed by atoms with Crippen molar-refractivity contribution in [3.8, 4) is 5.69 Å². The third-order valence-electron chi connectivity index (χ3n) is 2.46. The van der Waals surface area contributed by atoms with Gasteiger partial charge in [0, 0.05) is 0 Å². The molecule has 98 valence electrons. The number of aliphatic carboxylic acids is 1. The average Bonchev–Trinajstić information content (AvgIpc) is 2.89. The Hall–Kier alpha value is -2.70. The van der Waals surface area contributed by atoms with Gasteiger partial charge < -0.3 is 10.4 Å². The van der Waals surface area contributed by atoms with Crippen LogP contribution in [0, 0.1) is 0 Å². The highest BCUT2D eigenvalue weighted by molar-refractivity contribution is 5.94. The summed E-state index contributed by atoms with van der Waals surface area (Å²) in [7, 11) is 0. The van der Waals surface area contributed by atoms with E-state index in [2.05, 4.69) is 15.6 Å². The molecule has 0 bridgehead atoms. The summed E-state index contributed by atoms with van der Waals surface area (Å²) in [5.41, 5.74) is 0.831. The van der Waals surface area contributed by atoms with Gasteiger partial charge in [-0.15, -0.1) is 5.10 Å². The lowest BCUT2D eigenvalue weighted by atomic mass is 10.3. The van der Waals surface area contributed by atoms with Gasteiger partial charge in [-0.1, -0.05) is 23.4 Å². The third-order valence-corrected chi connectivity index (χ3v) is 2.46. The second-order valence-corrected chi connectivity index (χ2v) is 3.92. The number of nitrogens with zero attached hydrogens (tertiary/aromatic N) is 3. The van der Waals surface area contributed by atoms with Crippen LogP contribution in [0.15, 0.2) is 36.5 Å². The van der Waals surface area contributed by atoms with E-state index in [-0.39, 0.29) is 5.69 Å². The Morgan fingerprint density at radius 3 is 2.63 bits per heavy atom. The number of nitrogens with one attached hydrogen (secondary N) is 1. The van der Waals surface area contributed by atoms with Gasteiger partial charge >= 0.3 is 5.97 Å². The summed E-state index contributed by atoms with van der Waals surface area (Å²) in [6, 6.07) is 8.19. The Morgan fingerprint density at radius 1 is 1.32 bits per heavy atom. The highest BCUT2D eigenvalue weighted by Crippen LogP contribution is 2.05. The molecule has 0 fully saturated rings. The molecule has 1 atom stereocenters. The summed E-state index contributed by atoms with van der Waals surface area (Å²) < 4.78 is 1.44. The number of hydrogen-bond acceptors (Lipinski definition) is 4. The highest BCUT2D eigenvalue weighted by Gasteiger charge is 2.17. The summed E-state index contributed by atoms with van der Waals surface area (Å²) >= 11 is 0. The van der Waals surface area contributed by atoms with Crippen molar-refractivity contribution in [3.05, 3.63) is 42.2 Å². The predicted molar refractivity (Wildman–Crippen MR) is 65.9 cm³/mol. The molecule has 7 nitrogen and oxygen atoms in total. The van der Waals surface area contributed by atoms with E-state index in [1.54, 1.807) is 0 Å². The van der Waals surface area contributed by atoms with Crippen LogP contribution in [0.3, 0.4) is 0 Å². The van der Waals surface area contributed by atoms with Crippen molar-refractivity contribution < 1.29 is 14.7 Å². The second-order valence-electron chi connectivity index (χ2n) is 3.92. The molecule has 2 aromatic rings. The minimum atomic E-state index is -1.11. The number of hydrogen-bond donors (Lipinski definition) is 2. The highest BCUT2D eigenvalue weighted by atomic mass is 16.4. The van der Waals surface area contributed by atoms with Crippen LogP contribution in [-0.2, 0) is 4.79 Å². The van der Waals surface area contributed by atoms with Crippen molar-refractivity contribution >= 4 is 11.9 Å². The normalized spacial score (nSPS) is 11.8. The number of aromatic nitrogens is 3. The van der Waals surface area contributed by atoms with Crippen LogP contribution in [0.4, 0.5) is 0 Å². The SMILES string of the molecule is C[C@@H](NC(=O)c1cn(-c2ccccc2)nn1)C(=O)O. The topological polar surface area (TPSA) is 97.1 Å². The van der Waals surface area contributed by atoms with Gasteiger partial charge in [0.05, 0.1) is 11.9 Å². The molecule has 0 saturated carbocycles. The summed E-state index contributed by atoms with van der Waals surface area (Å²) in [5.74, 6) is -1.68. The predicted octanol–water partition coefficient (Wildman–Crippen LogP) is 0.470. The van der Waals surface area contributed by atoms with E-state index in [1.807, 2.05) is 30.3 Å². The molecule has 0 saturated heterocycles. The van der Waals surface area contributed by atoms with Crippen LogP contribution in [0.1, 0.15) is 17.4 Å². The fourth-order valence-corrected chi connectivity index (χ4v) is 1.41. The number of carboxylic acid groups (broad SMARTS) is 1. The Morgan fingerprint density at radius 2 is 2.00 bits per heavy atom. The van der Waals surface area contributed by atoms with Crippen molar-refractivity contribution in [2.24, 2.45) is 0 Å². The minimum absolute atomic E-state index is 0.0666. The first-order valence-corrected chi connectivity index (χ1v) is 5.59. The van der Waals surface area contributed by atoms with Crippen molar-refractivity contribution in [1.29, 1.82) is 0 Å². The zero-order valence-corrected chi connectivity index (χ0v) is 10.1. The molecular weight excluding hydrogens is 248 g/mol. The Labute approximate surface area is 108 Å². The Bertz CT molecular complexity index is 594. The zero-order valence-electron chi connectivity index (χ0n) is 10.1. The lowest BCUT2D eigenvalue weighted by Gasteiger charge is -2.06. The molecule has 2 rings (SSSR count). The van der Waals surface area contributed by atoms with Crippen molar-refractivity contribution in [2.75, 3.05) is 0 Å². The van der Waals surface area contributed by atoms with E-state index in [9.17, 15) is 9.59 Å². The molecule has 0 aliphatic rings. The number of carbonyl (C=O) groups is 2. The first kappa shape index (κ1) is 12.7. The van der Waals surface area contributed by atoms with Gasteiger partial charge in [-0.3, -0.25) is 9.59 Å². The molecule has 2 N–H and O–H groups in total. The van der Waals surface area contributed by atoms with Crippen molar-refractivity contribution in [1.82, 2.24) is 20.3 Å². The first-order valence-electron chi connectivity index (χ1n) is 5.59. The van der Waals surface area contributed by atoms with Crippen molar-refractivity contribution in [2.45, 2.75) is 13.0 Å². The van der Waals surface area contributed by atoms with E-state index >= 15 is 0 Å². The molecule has 0 aliphatic carbocycles. The number of para-hydroxylation sites is 1. The zero-order chi connectivity index (χ0) is 13.8. The summed E-state index contributed by atoms with van der Waals surface area (Å²) in [6.45, 7) is 1.38. The van der Waals surface area contributed by atoms with E-state index < -0.39 is 17.9 Å². The maximum atomic E-state index is 11.7. The maximum Gasteiger partial charge on any atom is 0.325 e. The van der Waals surface area contributed by atoms with E-state index in [0.29, 0.717) is 0 Å². The number of benzene rings is 1. The van der Waals surface area contributed by atoms with Crippen molar-refractivity contribution in [3.63, 3.8) is 0 Å². The van der Waals surface area contributed by atoms with Gasteiger partial charge in [0.25, 0.3) is 5.91 Å². The molecule has 7 heteroatoms. The molecule has 1 aromatic heterocycles. The second kappa shape index (κ2) is 5.30. The van der Waals surface area contributed by atoms with Crippen LogP contribution >= 0.6 is 0 Å². The summed E-state index contributed by atoms with van der Waals surface area (Å²) in [5, 5.41) is 18.5. The average molecular weight is 260 g/mol. The van der Waals surface area contributed by atoms with E-state index in [4.69, 9.17) is 5.11 Å². The molecular formula is C12H12N4O3. The van der Waals surface area contributed by atoms with Crippen LogP contribution in [0.5, 0.6) is 0 Å². The maximum absolute atomic E-state index is 11.7. The van der Waals surface area contributed by atoms with Crippen LogP contribution in [-0.4, -0.2) is 38.0 Å². The molecule has 1 aromatic carbocycles. The fraction of sp³-hybridized carbons (Fsp3) is 0.167. The molecule has 19 heavy (non-hydrogen) atoms. The van der Waals surface area contributed by atoms with E-state index in [1.165, 1.54) is 17.8 Å². The van der Waals surface area contributed by atoms with Crippen LogP contribution in [0.25, 0.3) is 5.69 Å². The molecule has 0 unspecified atom stereocenters. The largest absolute Gasteiger partial charge is 0.480 e. The monoisotopic (exact) mass is 260 g/mol. The molecule has 1 amide bonds. The Balaban J connectivity index is 2.13. The standard InChI is InChI=1S/C12H12N4O3/c1-8(12(18)19)13-11(17)10-7-16(15-14-10)9-5-3-2-4-6-9/h2-8H,1H3,(H,13,17)(H,18,19)/t8-/m1/s1. The Kier molecular flexibility index (Phi) is 3.56. The molecule has 1 heterocycles. The van der Waals surface area contributed by atoms with E-state index in [0.717, 1.165) is 5.69 Å². The number of rotatable bonds is 4.